The molecule has 293 valence electrons. The van der Waals surface area contributed by atoms with E-state index in [1.807, 2.05) is 77.9 Å². The molecule has 1 N–H and O–H groups in total. The number of carbonyl (C=O) groups is 1. The van der Waals surface area contributed by atoms with Crippen LogP contribution in [0.15, 0.2) is 101 Å². The molecule has 0 amide bonds. The smallest absolute Gasteiger partial charge is 0.216 e. The average molecular weight is 925 g/mol. The molecule has 0 unspecified atom stereocenters. The first-order valence-electron chi connectivity index (χ1n) is 19.8. The topological polar surface area (TPSA) is 89.1 Å². The number of allylic oxidation sites excluding steroid dienone is 2. The molecule has 0 atom stereocenters. The number of fused-ring (bicyclic) bond motifs is 6. The molecule has 4 aromatic carbocycles. The van der Waals surface area contributed by atoms with Crippen molar-refractivity contribution in [2.45, 2.75) is 94.4 Å². The Bertz CT molecular complexity index is 2510. The number of rotatable bonds is 11. The van der Waals surface area contributed by atoms with Gasteiger partial charge in [-0.25, -0.2) is 9.97 Å². The van der Waals surface area contributed by atoms with E-state index in [1.165, 1.54) is 28.0 Å². The number of carbonyl (C=O) groups excluding carboxylic acids is 1. The molecule has 0 saturated carbocycles. The molecule has 56 heavy (non-hydrogen) atoms. The van der Waals surface area contributed by atoms with E-state index in [0.29, 0.717) is 11.6 Å². The van der Waals surface area contributed by atoms with Gasteiger partial charge in [-0.15, -0.1) is 18.2 Å². The summed E-state index contributed by atoms with van der Waals surface area (Å²) in [4.78, 5) is 26.5. The van der Waals surface area contributed by atoms with Crippen molar-refractivity contribution in [3.8, 4) is 22.5 Å². The summed E-state index contributed by atoms with van der Waals surface area (Å²) in [5.41, 5.74) is 7.87. The third-order valence-corrected chi connectivity index (χ3v) is 11.8. The zero-order valence-corrected chi connectivity index (χ0v) is 36.6. The van der Waals surface area contributed by atoms with Crippen LogP contribution in [0.5, 0.6) is 0 Å². The predicted octanol–water partition coefficient (Wildman–Crippen LogP) is 13.4. The Labute approximate surface area is 345 Å². The van der Waals surface area contributed by atoms with E-state index in [2.05, 4.69) is 69.3 Å². The summed E-state index contributed by atoms with van der Waals surface area (Å²) < 4.78 is 6.41. The van der Waals surface area contributed by atoms with Crippen LogP contribution in [0.2, 0.25) is 0 Å². The van der Waals surface area contributed by atoms with Crippen LogP contribution in [0.1, 0.15) is 92.2 Å². The van der Waals surface area contributed by atoms with E-state index >= 15 is 0 Å². The van der Waals surface area contributed by atoms with Crippen LogP contribution in [-0.2, 0) is 31.3 Å². The van der Waals surface area contributed by atoms with Gasteiger partial charge in [-0.1, -0.05) is 121 Å². The maximum atomic E-state index is 12.2. The van der Waals surface area contributed by atoms with E-state index < -0.39 is 0 Å². The fourth-order valence-corrected chi connectivity index (χ4v) is 7.31. The Morgan fingerprint density at radius 1 is 0.857 bits per heavy atom. The molecule has 3 aromatic heterocycles. The third kappa shape index (κ3) is 8.35. The van der Waals surface area contributed by atoms with Crippen molar-refractivity contribution in [3.05, 3.63) is 114 Å². The standard InChI is InChI=1S/C34H26N3O.C15H28O2.Ir/c1-20(2)16-22-17-21(3)30-24(18-22)12-13-27-31(35-19-36-32(27)30)28-11-7-10-25-26-14-15-29(23-8-5-4-6-9-23)37-34(26)38-33(25)28;1-7-14(5,8-2)12(16)11-13(17)15(6,9-3)10-4;/h4-10,12-15,17-20H,16H2,1-3H3;11,16H,7-10H2,1-6H3;/q-1;;/b;12-11-;. The van der Waals surface area contributed by atoms with Crippen molar-refractivity contribution >= 4 is 49.5 Å². The molecule has 7 aromatic rings. The number of pyridine rings is 1. The summed E-state index contributed by atoms with van der Waals surface area (Å²) in [5, 5.41) is 15.5. The van der Waals surface area contributed by atoms with Crippen LogP contribution >= 0.6 is 0 Å². The minimum Gasteiger partial charge on any atom is -0.512 e. The Morgan fingerprint density at radius 3 is 2.20 bits per heavy atom. The average Bonchev–Trinajstić information content (AvgIpc) is 3.58. The Kier molecular flexibility index (Phi) is 13.3. The quantitative estimate of drug-likeness (QED) is 0.0602. The molecular formula is C49H54IrN3O3-. The SMILES string of the molecule is CCC(C)(CC)C(=O)/C=C(\O)C(C)(CC)CC.Cc1cc(CC(C)C)cc2ccc3c(-c4[c-]ccc5c4oc4nc(-c6ccccc6)ccc45)ncnc3c12.[Ir]. The number of aliphatic hydroxyl groups is 1. The van der Waals surface area contributed by atoms with Gasteiger partial charge in [-0.3, -0.25) is 9.78 Å². The molecule has 7 heteroatoms. The second-order valence-corrected chi connectivity index (χ2v) is 15.8. The van der Waals surface area contributed by atoms with Crippen molar-refractivity contribution in [2.75, 3.05) is 0 Å². The van der Waals surface area contributed by atoms with Gasteiger partial charge < -0.3 is 9.52 Å². The summed E-state index contributed by atoms with van der Waals surface area (Å²) in [6.07, 6.45) is 7.47. The normalized spacial score (nSPS) is 12.3. The number of furan rings is 1. The van der Waals surface area contributed by atoms with Gasteiger partial charge in [0.25, 0.3) is 0 Å². The number of aliphatic hydroxyl groups excluding tert-OH is 1. The number of aromatic nitrogens is 3. The predicted molar refractivity (Wildman–Crippen MR) is 228 cm³/mol. The van der Waals surface area contributed by atoms with Crippen LogP contribution < -0.4 is 0 Å². The second-order valence-electron chi connectivity index (χ2n) is 15.8. The summed E-state index contributed by atoms with van der Waals surface area (Å²) in [5.74, 6) is 0.896. The molecule has 1 radical (unpaired) electrons. The van der Waals surface area contributed by atoms with Crippen LogP contribution in [0.4, 0.5) is 0 Å². The van der Waals surface area contributed by atoms with E-state index in [1.54, 1.807) is 6.33 Å². The van der Waals surface area contributed by atoms with Crippen molar-refractivity contribution in [3.63, 3.8) is 0 Å². The number of hydrogen-bond acceptors (Lipinski definition) is 6. The first kappa shape index (κ1) is 42.4. The van der Waals surface area contributed by atoms with Crippen molar-refractivity contribution in [2.24, 2.45) is 16.7 Å². The molecular weight excluding hydrogens is 871 g/mol. The van der Waals surface area contributed by atoms with Crippen LogP contribution in [0.25, 0.3) is 66.3 Å². The third-order valence-electron chi connectivity index (χ3n) is 11.8. The summed E-state index contributed by atoms with van der Waals surface area (Å²) in [6.45, 7) is 18.8. The van der Waals surface area contributed by atoms with Gasteiger partial charge in [0, 0.05) is 59.0 Å². The summed E-state index contributed by atoms with van der Waals surface area (Å²) in [7, 11) is 0. The Hall–Kier alpha value is -4.71. The second kappa shape index (κ2) is 17.6. The molecule has 0 saturated heterocycles. The van der Waals surface area contributed by atoms with E-state index in [-0.39, 0.29) is 42.5 Å². The number of nitrogens with zero attached hydrogens (tertiary/aromatic N) is 3. The van der Waals surface area contributed by atoms with Crippen LogP contribution in [-0.4, -0.2) is 25.8 Å². The Morgan fingerprint density at radius 2 is 1.54 bits per heavy atom. The van der Waals surface area contributed by atoms with Crippen LogP contribution in [0.3, 0.4) is 0 Å². The van der Waals surface area contributed by atoms with Crippen molar-refractivity contribution < 1.29 is 34.4 Å². The molecule has 6 nitrogen and oxygen atoms in total. The van der Waals surface area contributed by atoms with Gasteiger partial charge in [-0.2, -0.15) is 0 Å². The molecule has 7 rings (SSSR count). The van der Waals surface area contributed by atoms with E-state index in [4.69, 9.17) is 19.4 Å². The minimum atomic E-state index is -0.337. The zero-order valence-electron chi connectivity index (χ0n) is 34.2. The molecule has 3 heterocycles. The van der Waals surface area contributed by atoms with E-state index in [9.17, 15) is 9.90 Å². The number of hydrogen-bond donors (Lipinski definition) is 1. The maximum absolute atomic E-state index is 12.2. The molecule has 0 aliphatic rings. The first-order chi connectivity index (χ1) is 26.4. The maximum Gasteiger partial charge on any atom is 0.216 e. The zero-order chi connectivity index (χ0) is 39.5. The monoisotopic (exact) mass is 925 g/mol. The number of ketones is 1. The van der Waals surface area contributed by atoms with Gasteiger partial charge >= 0.3 is 0 Å². The number of benzene rings is 4. The van der Waals surface area contributed by atoms with Crippen LogP contribution in [0, 0.1) is 29.7 Å². The number of aryl methyl sites for hydroxylation is 1. The molecule has 0 bridgehead atoms. The Balaban J connectivity index is 0.000000285. The fourth-order valence-electron chi connectivity index (χ4n) is 7.31. The van der Waals surface area contributed by atoms with Gasteiger partial charge in [0.15, 0.2) is 5.78 Å². The van der Waals surface area contributed by atoms with Gasteiger partial charge in [0.05, 0.1) is 16.8 Å². The summed E-state index contributed by atoms with van der Waals surface area (Å²) >= 11 is 0. The first-order valence-corrected chi connectivity index (χ1v) is 19.8. The molecule has 0 aliphatic carbocycles. The van der Waals surface area contributed by atoms with Gasteiger partial charge in [-0.05, 0) is 79.0 Å². The molecule has 0 spiro atoms. The van der Waals surface area contributed by atoms with Crippen molar-refractivity contribution in [1.82, 2.24) is 15.0 Å². The minimum absolute atomic E-state index is 0. The van der Waals surface area contributed by atoms with Crippen molar-refractivity contribution in [1.29, 1.82) is 0 Å². The van der Waals surface area contributed by atoms with E-state index in [0.717, 1.165) is 81.9 Å². The molecule has 0 aliphatic heterocycles. The molecule has 0 fully saturated rings. The van der Waals surface area contributed by atoms with Gasteiger partial charge in [0.2, 0.25) is 5.71 Å². The summed E-state index contributed by atoms with van der Waals surface area (Å²) in [6, 6.07) is 30.6. The fraction of sp³-hybridized carbons (Fsp3) is 0.347. The van der Waals surface area contributed by atoms with Gasteiger partial charge in [0.1, 0.15) is 12.1 Å². The largest absolute Gasteiger partial charge is 0.512 e.